The van der Waals surface area contributed by atoms with Crippen molar-refractivity contribution in [3.63, 3.8) is 0 Å². The number of allylic oxidation sites excluding steroid dienone is 1. The molecule has 2 aromatic carbocycles. The molecule has 0 saturated heterocycles. The molecule has 0 aliphatic carbocycles. The molecule has 1 N–H and O–H groups in total. The van der Waals surface area contributed by atoms with Crippen LogP contribution in [0.25, 0.3) is 6.08 Å². The summed E-state index contributed by atoms with van der Waals surface area (Å²) in [6, 6.07) is 12.9. The van der Waals surface area contributed by atoms with Crippen molar-refractivity contribution in [1.82, 2.24) is 0 Å². The summed E-state index contributed by atoms with van der Waals surface area (Å²) in [5.41, 5.74) is 2.39. The third-order valence-electron chi connectivity index (χ3n) is 3.65. The Balaban J connectivity index is 1.68. The third kappa shape index (κ3) is 3.96. The zero-order chi connectivity index (χ0) is 16.9. The molecule has 0 bridgehead atoms. The Kier molecular flexibility index (Phi) is 4.85. The molecule has 0 radical (unpaired) electrons. The average molecular weight is 323 g/mol. The van der Waals surface area contributed by atoms with Gasteiger partial charge in [-0.25, -0.2) is 0 Å². The Hall–Kier alpha value is -2.75. The second-order valence-electron chi connectivity index (χ2n) is 6.04. The van der Waals surface area contributed by atoms with Gasteiger partial charge in [-0.15, -0.1) is 0 Å². The van der Waals surface area contributed by atoms with Crippen LogP contribution < -0.4 is 14.8 Å². The summed E-state index contributed by atoms with van der Waals surface area (Å²) in [6.07, 6.45) is 4.19. The lowest BCUT2D eigenvalue weighted by atomic mass is 10.1. The molecule has 4 nitrogen and oxygen atoms in total. The normalized spacial score (nSPS) is 13.3. The minimum atomic E-state index is -0.147. The number of ether oxygens (including phenoxy) is 2. The lowest BCUT2D eigenvalue weighted by molar-refractivity contribution is 0.102. The highest BCUT2D eigenvalue weighted by Crippen LogP contribution is 2.32. The van der Waals surface area contributed by atoms with E-state index in [1.54, 1.807) is 6.07 Å². The van der Waals surface area contributed by atoms with Gasteiger partial charge in [-0.3, -0.25) is 4.79 Å². The van der Waals surface area contributed by atoms with Crippen LogP contribution >= 0.6 is 0 Å². The molecule has 1 aliphatic rings. The zero-order valence-corrected chi connectivity index (χ0v) is 13.9. The van der Waals surface area contributed by atoms with Gasteiger partial charge in [-0.2, -0.15) is 0 Å². The van der Waals surface area contributed by atoms with Crippen molar-refractivity contribution in [3.8, 4) is 11.5 Å². The first-order valence-corrected chi connectivity index (χ1v) is 8.11. The van der Waals surface area contributed by atoms with Gasteiger partial charge in [0.2, 0.25) is 0 Å². The maximum absolute atomic E-state index is 12.4. The highest BCUT2D eigenvalue weighted by Gasteiger charge is 2.13. The fourth-order valence-corrected chi connectivity index (χ4v) is 2.37. The number of fused-ring (bicyclic) bond motifs is 1. The van der Waals surface area contributed by atoms with E-state index in [9.17, 15) is 4.79 Å². The van der Waals surface area contributed by atoms with Gasteiger partial charge in [0.25, 0.3) is 5.91 Å². The van der Waals surface area contributed by atoms with Gasteiger partial charge in [-0.1, -0.05) is 38.1 Å². The van der Waals surface area contributed by atoms with Crippen LogP contribution in [-0.2, 0) is 0 Å². The third-order valence-corrected chi connectivity index (χ3v) is 3.65. The first-order valence-electron chi connectivity index (χ1n) is 8.11. The Labute approximate surface area is 142 Å². The molecule has 0 saturated carbocycles. The first kappa shape index (κ1) is 16.1. The van der Waals surface area contributed by atoms with Crippen LogP contribution in [0.5, 0.6) is 11.5 Å². The number of amides is 1. The van der Waals surface area contributed by atoms with Crippen molar-refractivity contribution < 1.29 is 14.3 Å². The molecule has 4 heteroatoms. The van der Waals surface area contributed by atoms with E-state index in [1.807, 2.05) is 36.4 Å². The molecular weight excluding hydrogens is 302 g/mol. The second kappa shape index (κ2) is 7.21. The highest BCUT2D eigenvalue weighted by molar-refractivity contribution is 6.04. The minimum Gasteiger partial charge on any atom is -0.486 e. The van der Waals surface area contributed by atoms with E-state index in [0.717, 1.165) is 5.56 Å². The Bertz CT molecular complexity index is 748. The van der Waals surface area contributed by atoms with Gasteiger partial charge in [0.05, 0.1) is 0 Å². The molecule has 1 aliphatic heterocycles. The largest absolute Gasteiger partial charge is 0.486 e. The number of rotatable bonds is 4. The zero-order valence-electron chi connectivity index (χ0n) is 13.9. The van der Waals surface area contributed by atoms with Gasteiger partial charge in [0, 0.05) is 17.3 Å². The standard InChI is InChI=1S/C20H21NO3/c1-14(2)3-4-15-5-7-16(8-6-15)20(22)21-17-9-10-18-19(13-17)24-12-11-23-18/h3-10,13-14H,11-12H2,1-2H3,(H,21,22)/b4-3+. The van der Waals surface area contributed by atoms with Crippen molar-refractivity contribution in [2.75, 3.05) is 18.5 Å². The number of hydrogen-bond acceptors (Lipinski definition) is 3. The summed E-state index contributed by atoms with van der Waals surface area (Å²) in [5.74, 6) is 1.73. The Morgan fingerprint density at radius 3 is 2.46 bits per heavy atom. The monoisotopic (exact) mass is 323 g/mol. The van der Waals surface area contributed by atoms with E-state index < -0.39 is 0 Å². The van der Waals surface area contributed by atoms with Crippen LogP contribution in [0.4, 0.5) is 5.69 Å². The van der Waals surface area contributed by atoms with Crippen molar-refractivity contribution in [2.45, 2.75) is 13.8 Å². The number of nitrogens with one attached hydrogen (secondary N) is 1. The maximum Gasteiger partial charge on any atom is 0.255 e. The predicted octanol–water partition coefficient (Wildman–Crippen LogP) is 4.38. The van der Waals surface area contributed by atoms with Crippen molar-refractivity contribution in [3.05, 3.63) is 59.7 Å². The van der Waals surface area contributed by atoms with E-state index in [1.165, 1.54) is 0 Å². The van der Waals surface area contributed by atoms with Gasteiger partial charge >= 0.3 is 0 Å². The fourth-order valence-electron chi connectivity index (χ4n) is 2.37. The molecular formula is C20H21NO3. The van der Waals surface area contributed by atoms with Crippen LogP contribution in [0.15, 0.2) is 48.5 Å². The fraction of sp³-hybridized carbons (Fsp3) is 0.250. The number of anilines is 1. The number of carbonyl (C=O) groups excluding carboxylic acids is 1. The van der Waals surface area contributed by atoms with E-state index in [-0.39, 0.29) is 5.91 Å². The topological polar surface area (TPSA) is 47.6 Å². The molecule has 0 aromatic heterocycles. The van der Waals surface area contributed by atoms with Gasteiger partial charge in [0.1, 0.15) is 13.2 Å². The molecule has 24 heavy (non-hydrogen) atoms. The molecule has 0 fully saturated rings. The summed E-state index contributed by atoms with van der Waals surface area (Å²) in [7, 11) is 0. The lowest BCUT2D eigenvalue weighted by Crippen LogP contribution is -2.16. The van der Waals surface area contributed by atoms with Crippen molar-refractivity contribution >= 4 is 17.7 Å². The SMILES string of the molecule is CC(C)/C=C/c1ccc(C(=O)Nc2ccc3c(c2)OCCO3)cc1. The lowest BCUT2D eigenvalue weighted by Gasteiger charge is -2.19. The first-order chi connectivity index (χ1) is 11.6. The Morgan fingerprint density at radius 2 is 1.75 bits per heavy atom. The smallest absolute Gasteiger partial charge is 0.255 e. The minimum absolute atomic E-state index is 0.147. The Morgan fingerprint density at radius 1 is 1.04 bits per heavy atom. The quantitative estimate of drug-likeness (QED) is 0.908. The summed E-state index contributed by atoms with van der Waals surface area (Å²) >= 11 is 0. The van der Waals surface area contributed by atoms with Crippen LogP contribution in [0.1, 0.15) is 29.8 Å². The van der Waals surface area contributed by atoms with Gasteiger partial charge in [-0.05, 0) is 35.7 Å². The summed E-state index contributed by atoms with van der Waals surface area (Å²) in [5, 5.41) is 2.89. The van der Waals surface area contributed by atoms with Crippen molar-refractivity contribution in [2.24, 2.45) is 5.92 Å². The molecule has 1 heterocycles. The van der Waals surface area contributed by atoms with Crippen LogP contribution in [-0.4, -0.2) is 19.1 Å². The molecule has 1 amide bonds. The van der Waals surface area contributed by atoms with E-state index >= 15 is 0 Å². The van der Waals surface area contributed by atoms with Crippen LogP contribution in [0.3, 0.4) is 0 Å². The van der Waals surface area contributed by atoms with E-state index in [4.69, 9.17) is 9.47 Å². The molecule has 0 atom stereocenters. The predicted molar refractivity (Wildman–Crippen MR) is 95.7 cm³/mol. The van der Waals surface area contributed by atoms with Crippen LogP contribution in [0, 0.1) is 5.92 Å². The highest BCUT2D eigenvalue weighted by atomic mass is 16.6. The molecule has 3 rings (SSSR count). The maximum atomic E-state index is 12.4. The summed E-state index contributed by atoms with van der Waals surface area (Å²) in [4.78, 5) is 12.4. The molecule has 124 valence electrons. The van der Waals surface area contributed by atoms with Crippen LogP contribution in [0.2, 0.25) is 0 Å². The summed E-state index contributed by atoms with van der Waals surface area (Å²) in [6.45, 7) is 5.34. The number of benzene rings is 2. The van der Waals surface area contributed by atoms with E-state index in [2.05, 4.69) is 31.3 Å². The molecule has 2 aromatic rings. The van der Waals surface area contributed by atoms with E-state index in [0.29, 0.717) is 41.9 Å². The molecule has 0 unspecified atom stereocenters. The van der Waals surface area contributed by atoms with Crippen molar-refractivity contribution in [1.29, 1.82) is 0 Å². The van der Waals surface area contributed by atoms with Gasteiger partial charge < -0.3 is 14.8 Å². The number of carbonyl (C=O) groups is 1. The van der Waals surface area contributed by atoms with Gasteiger partial charge in [0.15, 0.2) is 11.5 Å². The average Bonchev–Trinajstić information content (AvgIpc) is 2.60. The summed E-state index contributed by atoms with van der Waals surface area (Å²) < 4.78 is 11.0. The molecule has 0 spiro atoms. The number of hydrogen-bond donors (Lipinski definition) is 1. The second-order valence-corrected chi connectivity index (χ2v) is 6.04.